The molecule has 4 rings (SSSR count). The van der Waals surface area contributed by atoms with Gasteiger partial charge >= 0.3 is 5.69 Å². The Labute approximate surface area is 173 Å². The van der Waals surface area contributed by atoms with Crippen molar-refractivity contribution < 1.29 is 4.79 Å². The molecule has 3 heterocycles. The average Bonchev–Trinajstić information content (AvgIpc) is 2.79. The molecule has 0 atom stereocenters. The molecule has 1 aliphatic rings. The number of benzene rings is 1. The topological polar surface area (TPSA) is 91.3 Å². The van der Waals surface area contributed by atoms with E-state index < -0.39 is 5.69 Å². The highest BCUT2D eigenvalue weighted by molar-refractivity contribution is 5.77. The minimum absolute atomic E-state index is 0.121. The van der Waals surface area contributed by atoms with Gasteiger partial charge in [0, 0.05) is 45.3 Å². The van der Waals surface area contributed by atoms with Crippen molar-refractivity contribution in [3.8, 4) is 0 Å². The molecule has 8 heteroatoms. The number of piperazine rings is 1. The monoisotopic (exact) mass is 407 g/mol. The van der Waals surface area contributed by atoms with E-state index in [2.05, 4.69) is 14.9 Å². The molecule has 1 aromatic carbocycles. The zero-order valence-electron chi connectivity index (χ0n) is 16.8. The minimum atomic E-state index is -0.407. The van der Waals surface area contributed by atoms with Crippen molar-refractivity contribution in [2.24, 2.45) is 0 Å². The fraction of sp³-hybridized carbons (Fsp3) is 0.364. The zero-order chi connectivity index (χ0) is 20.9. The van der Waals surface area contributed by atoms with E-state index in [-0.39, 0.29) is 11.5 Å². The third kappa shape index (κ3) is 4.27. The van der Waals surface area contributed by atoms with Crippen molar-refractivity contribution >= 4 is 22.6 Å². The molecule has 30 heavy (non-hydrogen) atoms. The van der Waals surface area contributed by atoms with Crippen molar-refractivity contribution in [1.29, 1.82) is 0 Å². The fourth-order valence-corrected chi connectivity index (χ4v) is 3.83. The number of nitrogens with zero attached hydrogens (tertiary/aromatic N) is 4. The maximum absolute atomic E-state index is 12.5. The minimum Gasteiger partial charge on any atom is -0.353 e. The molecule has 0 unspecified atom stereocenters. The van der Waals surface area contributed by atoms with Gasteiger partial charge in [-0.15, -0.1) is 0 Å². The number of amides is 1. The van der Waals surface area contributed by atoms with Crippen LogP contribution in [0, 0.1) is 0 Å². The van der Waals surface area contributed by atoms with Gasteiger partial charge in [0.15, 0.2) is 0 Å². The molecular weight excluding hydrogens is 382 g/mol. The number of aromatic amines is 1. The Morgan fingerprint density at radius 2 is 1.73 bits per heavy atom. The second-order valence-electron chi connectivity index (χ2n) is 7.45. The first kappa shape index (κ1) is 19.9. The first-order valence-corrected chi connectivity index (χ1v) is 10.3. The number of aromatic nitrogens is 3. The Hall–Kier alpha value is -3.42. The molecule has 0 bridgehead atoms. The van der Waals surface area contributed by atoms with Gasteiger partial charge < -0.3 is 14.8 Å². The first-order chi connectivity index (χ1) is 14.6. The number of H-pyrrole nitrogens is 1. The number of pyridine rings is 1. The van der Waals surface area contributed by atoms with Crippen LogP contribution in [0.5, 0.6) is 0 Å². The third-order valence-electron chi connectivity index (χ3n) is 5.52. The van der Waals surface area contributed by atoms with Crippen molar-refractivity contribution in [3.63, 3.8) is 0 Å². The number of hydrogen-bond donors (Lipinski definition) is 1. The number of fused-ring (bicyclic) bond motifs is 1. The Morgan fingerprint density at radius 1 is 0.967 bits per heavy atom. The van der Waals surface area contributed by atoms with Crippen molar-refractivity contribution in [1.82, 2.24) is 19.4 Å². The SMILES string of the molecule is O=C(CCCCn1c(=O)[nH]c2ccccc2c1=O)N1CCN(c2ccccn2)CC1. The van der Waals surface area contributed by atoms with E-state index in [9.17, 15) is 14.4 Å². The lowest BCUT2D eigenvalue weighted by Gasteiger charge is -2.35. The smallest absolute Gasteiger partial charge is 0.328 e. The lowest BCUT2D eigenvalue weighted by molar-refractivity contribution is -0.131. The molecule has 0 saturated carbocycles. The van der Waals surface area contributed by atoms with E-state index in [1.165, 1.54) is 4.57 Å². The molecule has 0 spiro atoms. The zero-order valence-corrected chi connectivity index (χ0v) is 16.8. The van der Waals surface area contributed by atoms with Crippen LogP contribution < -0.4 is 16.1 Å². The number of rotatable bonds is 6. The average molecular weight is 407 g/mol. The highest BCUT2D eigenvalue weighted by atomic mass is 16.2. The second-order valence-corrected chi connectivity index (χ2v) is 7.45. The standard InChI is InChI=1S/C22H25N5O3/c28-20(26-15-13-25(14-16-26)19-9-3-5-11-23-19)10-4-6-12-27-21(29)17-7-1-2-8-18(17)24-22(27)30/h1-3,5,7-9,11H,4,6,10,12-16H2,(H,24,30). The predicted molar refractivity (Wildman–Crippen MR) is 116 cm³/mol. The summed E-state index contributed by atoms with van der Waals surface area (Å²) in [6.07, 6.45) is 3.43. The predicted octanol–water partition coefficient (Wildman–Crippen LogP) is 1.60. The summed E-state index contributed by atoms with van der Waals surface area (Å²) in [4.78, 5) is 48.4. The number of para-hydroxylation sites is 1. The number of unbranched alkanes of at least 4 members (excludes halogenated alkanes) is 1. The third-order valence-corrected chi connectivity index (χ3v) is 5.52. The fourth-order valence-electron chi connectivity index (χ4n) is 3.83. The van der Waals surface area contributed by atoms with Crippen LogP contribution in [0.4, 0.5) is 5.82 Å². The summed E-state index contributed by atoms with van der Waals surface area (Å²) < 4.78 is 1.22. The molecule has 1 N–H and O–H groups in total. The molecule has 1 fully saturated rings. The second kappa shape index (κ2) is 8.94. The van der Waals surface area contributed by atoms with Gasteiger partial charge in [0.05, 0.1) is 10.9 Å². The quantitative estimate of drug-likeness (QED) is 0.627. The summed E-state index contributed by atoms with van der Waals surface area (Å²) in [6, 6.07) is 12.8. The van der Waals surface area contributed by atoms with E-state index in [4.69, 9.17) is 0 Å². The molecule has 1 aliphatic heterocycles. The summed E-state index contributed by atoms with van der Waals surface area (Å²) in [6.45, 7) is 3.20. The highest BCUT2D eigenvalue weighted by Gasteiger charge is 2.21. The highest BCUT2D eigenvalue weighted by Crippen LogP contribution is 2.13. The molecule has 1 saturated heterocycles. The Balaban J connectivity index is 1.26. The number of nitrogens with one attached hydrogen (secondary N) is 1. The van der Waals surface area contributed by atoms with E-state index in [0.717, 1.165) is 18.9 Å². The van der Waals surface area contributed by atoms with Crippen LogP contribution in [0.2, 0.25) is 0 Å². The molecule has 0 radical (unpaired) electrons. The van der Waals surface area contributed by atoms with Gasteiger partial charge in [-0.25, -0.2) is 9.78 Å². The van der Waals surface area contributed by atoms with Gasteiger partial charge in [-0.2, -0.15) is 0 Å². The van der Waals surface area contributed by atoms with Crippen LogP contribution in [0.1, 0.15) is 19.3 Å². The lowest BCUT2D eigenvalue weighted by atomic mass is 10.2. The van der Waals surface area contributed by atoms with Crippen molar-refractivity contribution in [2.45, 2.75) is 25.8 Å². The summed E-state index contributed by atoms with van der Waals surface area (Å²) in [5.74, 6) is 1.06. The Kier molecular flexibility index (Phi) is 5.92. The van der Waals surface area contributed by atoms with Gasteiger partial charge in [0.25, 0.3) is 5.56 Å². The molecule has 3 aromatic rings. The molecular formula is C22H25N5O3. The van der Waals surface area contributed by atoms with Gasteiger partial charge in [0.2, 0.25) is 5.91 Å². The van der Waals surface area contributed by atoms with Crippen LogP contribution >= 0.6 is 0 Å². The number of anilines is 1. The largest absolute Gasteiger partial charge is 0.353 e. The van der Waals surface area contributed by atoms with Crippen LogP contribution in [0.15, 0.2) is 58.3 Å². The summed E-state index contributed by atoms with van der Waals surface area (Å²) >= 11 is 0. The molecule has 2 aromatic heterocycles. The van der Waals surface area contributed by atoms with Gasteiger partial charge in [-0.3, -0.25) is 14.2 Å². The van der Waals surface area contributed by atoms with E-state index >= 15 is 0 Å². The number of carbonyl (C=O) groups excluding carboxylic acids is 1. The lowest BCUT2D eigenvalue weighted by Crippen LogP contribution is -2.49. The first-order valence-electron chi connectivity index (χ1n) is 10.3. The molecule has 0 aliphatic carbocycles. The summed E-state index contributed by atoms with van der Waals surface area (Å²) in [5.41, 5.74) is -0.147. The van der Waals surface area contributed by atoms with Crippen LogP contribution in [-0.2, 0) is 11.3 Å². The van der Waals surface area contributed by atoms with Crippen molar-refractivity contribution in [3.05, 3.63) is 69.5 Å². The Morgan fingerprint density at radius 3 is 2.50 bits per heavy atom. The number of hydrogen-bond acceptors (Lipinski definition) is 5. The van der Waals surface area contributed by atoms with Gasteiger partial charge in [-0.05, 0) is 37.1 Å². The summed E-state index contributed by atoms with van der Waals surface area (Å²) in [5, 5.41) is 0.499. The van der Waals surface area contributed by atoms with Crippen LogP contribution in [-0.4, -0.2) is 51.5 Å². The van der Waals surface area contributed by atoms with E-state index in [1.807, 2.05) is 23.1 Å². The van der Waals surface area contributed by atoms with E-state index in [0.29, 0.717) is 49.8 Å². The van der Waals surface area contributed by atoms with E-state index in [1.54, 1.807) is 30.5 Å². The molecule has 156 valence electrons. The normalized spacial score (nSPS) is 14.3. The molecule has 8 nitrogen and oxygen atoms in total. The summed E-state index contributed by atoms with van der Waals surface area (Å²) in [7, 11) is 0. The Bertz CT molecular complexity index is 1130. The number of carbonyl (C=O) groups is 1. The van der Waals surface area contributed by atoms with Gasteiger partial charge in [0.1, 0.15) is 5.82 Å². The van der Waals surface area contributed by atoms with Crippen LogP contribution in [0.3, 0.4) is 0 Å². The maximum atomic E-state index is 12.5. The van der Waals surface area contributed by atoms with Crippen molar-refractivity contribution in [2.75, 3.05) is 31.1 Å². The van der Waals surface area contributed by atoms with Gasteiger partial charge in [-0.1, -0.05) is 18.2 Å². The molecule has 1 amide bonds. The van der Waals surface area contributed by atoms with Crippen LogP contribution in [0.25, 0.3) is 10.9 Å². The maximum Gasteiger partial charge on any atom is 0.328 e.